The molecule has 0 spiro atoms. The van der Waals surface area contributed by atoms with Gasteiger partial charge in [-0.05, 0) is 50.1 Å². The van der Waals surface area contributed by atoms with Crippen molar-refractivity contribution in [2.75, 3.05) is 25.0 Å². The number of anilines is 1. The Balaban J connectivity index is 1.22. The highest BCUT2D eigenvalue weighted by atomic mass is 32.2. The molecule has 1 aliphatic rings. The zero-order chi connectivity index (χ0) is 29.4. The molecule has 0 unspecified atom stereocenters. The summed E-state index contributed by atoms with van der Waals surface area (Å²) in [4.78, 5) is 13.6. The van der Waals surface area contributed by atoms with Crippen molar-refractivity contribution in [3.8, 4) is 5.75 Å². The average Bonchev–Trinajstić information content (AvgIpc) is 3.36. The van der Waals surface area contributed by atoms with E-state index in [4.69, 9.17) is 0 Å². The Morgan fingerprint density at radius 3 is 2.32 bits per heavy atom. The van der Waals surface area contributed by atoms with Crippen molar-refractivity contribution < 1.29 is 35.1 Å². The van der Waals surface area contributed by atoms with E-state index in [1.807, 2.05) is 6.92 Å². The Morgan fingerprint density at radius 2 is 1.68 bits per heavy atom. The van der Waals surface area contributed by atoms with Gasteiger partial charge in [-0.15, -0.1) is 13.2 Å². The van der Waals surface area contributed by atoms with Crippen LogP contribution in [0.5, 0.6) is 5.75 Å². The first kappa shape index (κ1) is 28.7. The van der Waals surface area contributed by atoms with Gasteiger partial charge in [-0.1, -0.05) is 17.7 Å². The molecule has 1 aromatic carbocycles. The molecule has 5 rings (SSSR count). The molecule has 0 radical (unpaired) electrons. The number of rotatable bonds is 8. The number of halogens is 5. The number of hydrogen-bond acceptors (Lipinski definition) is 8. The van der Waals surface area contributed by atoms with Crippen molar-refractivity contribution in [3.63, 3.8) is 0 Å². The summed E-state index contributed by atoms with van der Waals surface area (Å²) in [6.45, 7) is 1.85. The molecule has 41 heavy (non-hydrogen) atoms. The van der Waals surface area contributed by atoms with Gasteiger partial charge in [0.15, 0.2) is 5.65 Å². The smallest absolute Gasteiger partial charge is 0.404 e. The molecule has 0 aliphatic carbocycles. The zero-order valence-electron chi connectivity index (χ0n) is 21.6. The van der Waals surface area contributed by atoms with Gasteiger partial charge in [-0.25, -0.2) is 22.4 Å². The van der Waals surface area contributed by atoms with Crippen LogP contribution < -0.4 is 10.1 Å². The summed E-state index contributed by atoms with van der Waals surface area (Å²) >= 11 is 0. The number of ether oxygens (including phenoxy) is 1. The normalized spacial score (nSPS) is 15.8. The molecule has 1 N–H and O–H groups in total. The summed E-state index contributed by atoms with van der Waals surface area (Å²) in [5.41, 5.74) is 0.482. The third kappa shape index (κ3) is 6.40. The summed E-state index contributed by atoms with van der Waals surface area (Å²) in [7, 11) is -3.89. The molecule has 3 aromatic heterocycles. The Bertz CT molecular complexity index is 1620. The monoisotopic (exact) mass is 596 g/mol. The van der Waals surface area contributed by atoms with Crippen molar-refractivity contribution in [2.24, 2.45) is 0 Å². The summed E-state index contributed by atoms with van der Waals surface area (Å²) < 4.78 is 97.8. The van der Waals surface area contributed by atoms with Gasteiger partial charge in [-0.2, -0.15) is 8.78 Å². The van der Waals surface area contributed by atoms with Crippen LogP contribution in [0, 0.1) is 6.92 Å². The molecule has 4 aromatic rings. The Kier molecular flexibility index (Phi) is 7.59. The van der Waals surface area contributed by atoms with Gasteiger partial charge in [0.25, 0.3) is 10.0 Å². The van der Waals surface area contributed by atoms with Gasteiger partial charge in [-0.3, -0.25) is 9.88 Å². The van der Waals surface area contributed by atoms with Crippen LogP contribution in [0.2, 0.25) is 0 Å². The Labute approximate surface area is 232 Å². The van der Waals surface area contributed by atoms with E-state index in [2.05, 4.69) is 25.0 Å². The number of aryl methyl sites for hydroxylation is 1. The summed E-state index contributed by atoms with van der Waals surface area (Å²) in [5, 5.41) is 3.79. The standard InChI is InChI=1S/C26H25F5N6O3S/c1-17-2-5-20(6-3-17)41(38,39)37-13-10-21-23(33-16-34-24(21)37)35-18-8-11-36(12-9-18)15-25(27,28)22-7-4-19(14-32-22)40-26(29,30)31/h2-7,10,13-14,16,18H,8-9,11-12,15H2,1H3,(H,33,34,35). The molecule has 1 saturated heterocycles. The second kappa shape index (κ2) is 10.9. The molecule has 0 bridgehead atoms. The van der Waals surface area contributed by atoms with Crippen LogP contribution in [0.4, 0.5) is 27.8 Å². The second-order valence-electron chi connectivity index (χ2n) is 9.72. The summed E-state index contributed by atoms with van der Waals surface area (Å²) in [5.74, 6) is -3.63. The number of alkyl halides is 5. The number of piperidine rings is 1. The van der Waals surface area contributed by atoms with Crippen LogP contribution in [0.3, 0.4) is 0 Å². The summed E-state index contributed by atoms with van der Waals surface area (Å²) in [6.07, 6.45) is -0.648. The lowest BCUT2D eigenvalue weighted by molar-refractivity contribution is -0.274. The van der Waals surface area contributed by atoms with Gasteiger partial charge in [0.05, 0.1) is 23.0 Å². The van der Waals surface area contributed by atoms with Crippen molar-refractivity contribution in [1.29, 1.82) is 0 Å². The number of fused-ring (bicyclic) bond motifs is 1. The molecule has 9 nitrogen and oxygen atoms in total. The molecule has 0 saturated carbocycles. The first-order chi connectivity index (χ1) is 19.3. The lowest BCUT2D eigenvalue weighted by Crippen LogP contribution is -2.44. The SMILES string of the molecule is Cc1ccc(S(=O)(=O)n2ccc3c(NC4CCN(CC(F)(F)c5ccc(OC(F)(F)F)cn5)CC4)ncnc32)cc1. The minimum atomic E-state index is -4.94. The zero-order valence-corrected chi connectivity index (χ0v) is 22.5. The molecular weight excluding hydrogens is 571 g/mol. The largest absolute Gasteiger partial charge is 0.573 e. The molecule has 218 valence electrons. The predicted octanol–water partition coefficient (Wildman–Crippen LogP) is 4.94. The van der Waals surface area contributed by atoms with Crippen LogP contribution in [-0.4, -0.2) is 64.3 Å². The van der Waals surface area contributed by atoms with E-state index in [1.54, 1.807) is 23.1 Å². The van der Waals surface area contributed by atoms with Crippen LogP contribution in [0.1, 0.15) is 24.1 Å². The van der Waals surface area contributed by atoms with E-state index in [1.165, 1.54) is 24.7 Å². The van der Waals surface area contributed by atoms with Gasteiger partial charge < -0.3 is 10.1 Å². The third-order valence-electron chi connectivity index (χ3n) is 6.72. The van der Waals surface area contributed by atoms with E-state index in [0.717, 1.165) is 21.7 Å². The van der Waals surface area contributed by atoms with E-state index in [0.29, 0.717) is 43.3 Å². The minimum Gasteiger partial charge on any atom is -0.404 e. The topological polar surface area (TPSA) is 102 Å². The first-order valence-corrected chi connectivity index (χ1v) is 14.0. The highest BCUT2D eigenvalue weighted by Gasteiger charge is 2.37. The van der Waals surface area contributed by atoms with Crippen molar-refractivity contribution in [2.45, 2.75) is 43.0 Å². The fourth-order valence-electron chi connectivity index (χ4n) is 4.64. The third-order valence-corrected chi connectivity index (χ3v) is 8.40. The van der Waals surface area contributed by atoms with E-state index in [-0.39, 0.29) is 16.6 Å². The lowest BCUT2D eigenvalue weighted by atomic mass is 10.0. The molecule has 4 heterocycles. The van der Waals surface area contributed by atoms with Gasteiger partial charge in [0.1, 0.15) is 23.6 Å². The van der Waals surface area contributed by atoms with Crippen LogP contribution >= 0.6 is 0 Å². The molecule has 0 atom stereocenters. The molecule has 15 heteroatoms. The molecule has 1 fully saturated rings. The number of nitrogens with one attached hydrogen (secondary N) is 1. The fraction of sp³-hybridized carbons (Fsp3) is 0.346. The maximum Gasteiger partial charge on any atom is 0.573 e. The van der Waals surface area contributed by atoms with Gasteiger partial charge in [0, 0.05) is 25.3 Å². The fourth-order valence-corrected chi connectivity index (χ4v) is 5.94. The Morgan fingerprint density at radius 1 is 0.976 bits per heavy atom. The van der Waals surface area contributed by atoms with Gasteiger partial charge >= 0.3 is 12.3 Å². The van der Waals surface area contributed by atoms with Crippen molar-refractivity contribution in [3.05, 3.63) is 72.4 Å². The van der Waals surface area contributed by atoms with Crippen LogP contribution in [0.25, 0.3) is 11.0 Å². The number of pyridine rings is 1. The number of aromatic nitrogens is 4. The van der Waals surface area contributed by atoms with Crippen LogP contribution in [0.15, 0.2) is 66.1 Å². The van der Waals surface area contributed by atoms with Crippen molar-refractivity contribution >= 4 is 26.9 Å². The predicted molar refractivity (Wildman–Crippen MR) is 139 cm³/mol. The number of hydrogen-bond donors (Lipinski definition) is 1. The molecular formula is C26H25F5N6O3S. The van der Waals surface area contributed by atoms with E-state index in [9.17, 15) is 30.4 Å². The highest BCUT2D eigenvalue weighted by Crippen LogP contribution is 2.32. The van der Waals surface area contributed by atoms with E-state index < -0.39 is 40.3 Å². The second-order valence-corrected chi connectivity index (χ2v) is 11.5. The molecule has 0 amide bonds. The maximum absolute atomic E-state index is 14.8. The average molecular weight is 597 g/mol. The van der Waals surface area contributed by atoms with Crippen molar-refractivity contribution in [1.82, 2.24) is 23.8 Å². The number of likely N-dealkylation sites (tertiary alicyclic amines) is 1. The number of benzene rings is 1. The minimum absolute atomic E-state index is 0.119. The molecule has 1 aliphatic heterocycles. The highest BCUT2D eigenvalue weighted by molar-refractivity contribution is 7.90. The quantitative estimate of drug-likeness (QED) is 0.286. The van der Waals surface area contributed by atoms with E-state index >= 15 is 0 Å². The maximum atomic E-state index is 14.8. The van der Waals surface area contributed by atoms with Gasteiger partial charge in [0.2, 0.25) is 0 Å². The Hall–Kier alpha value is -3.85. The first-order valence-electron chi connectivity index (χ1n) is 12.6. The number of nitrogens with zero attached hydrogens (tertiary/aromatic N) is 5. The summed E-state index contributed by atoms with van der Waals surface area (Å²) in [6, 6.07) is 9.60. The lowest BCUT2D eigenvalue weighted by Gasteiger charge is -2.34. The van der Waals surface area contributed by atoms with Crippen LogP contribution in [-0.2, 0) is 15.9 Å².